The van der Waals surface area contributed by atoms with Gasteiger partial charge in [-0.25, -0.2) is 0 Å². The fourth-order valence-electron chi connectivity index (χ4n) is 3.57. The highest BCUT2D eigenvalue weighted by molar-refractivity contribution is 5.85. The Morgan fingerprint density at radius 2 is 1.76 bits per heavy atom. The van der Waals surface area contributed by atoms with E-state index in [1.807, 2.05) is 0 Å². The number of rotatable bonds is 2. The molecule has 0 aromatic carbocycles. The molecule has 17 heavy (non-hydrogen) atoms. The van der Waals surface area contributed by atoms with Crippen molar-refractivity contribution in [2.75, 3.05) is 52.9 Å². The van der Waals surface area contributed by atoms with Crippen LogP contribution >= 0.6 is 12.4 Å². The lowest BCUT2D eigenvalue weighted by Crippen LogP contribution is -2.45. The van der Waals surface area contributed by atoms with Gasteiger partial charge in [-0.15, -0.1) is 12.4 Å². The summed E-state index contributed by atoms with van der Waals surface area (Å²) in [6, 6.07) is 0. The molecule has 3 nitrogen and oxygen atoms in total. The maximum atomic E-state index is 3.49. The molecule has 0 aromatic rings. The summed E-state index contributed by atoms with van der Waals surface area (Å²) in [5.74, 6) is 1.03. The minimum Gasteiger partial charge on any atom is -0.317 e. The van der Waals surface area contributed by atoms with Gasteiger partial charge in [-0.1, -0.05) is 0 Å². The fraction of sp³-hybridized carbons (Fsp3) is 1.00. The second-order valence-electron chi connectivity index (χ2n) is 6.12. The van der Waals surface area contributed by atoms with Gasteiger partial charge in [0, 0.05) is 32.7 Å². The third-order valence-electron chi connectivity index (χ3n) is 5.03. The van der Waals surface area contributed by atoms with E-state index in [9.17, 15) is 0 Å². The van der Waals surface area contributed by atoms with Crippen LogP contribution in [0.3, 0.4) is 0 Å². The van der Waals surface area contributed by atoms with Crippen LogP contribution in [0.25, 0.3) is 0 Å². The quantitative estimate of drug-likeness (QED) is 0.800. The Kier molecular flexibility index (Phi) is 4.35. The summed E-state index contributed by atoms with van der Waals surface area (Å²) < 4.78 is 0. The molecule has 2 saturated heterocycles. The Bertz CT molecular complexity index is 245. The van der Waals surface area contributed by atoms with Crippen molar-refractivity contribution in [3.63, 3.8) is 0 Å². The van der Waals surface area contributed by atoms with E-state index in [-0.39, 0.29) is 12.4 Å². The highest BCUT2D eigenvalue weighted by atomic mass is 35.5. The van der Waals surface area contributed by atoms with Crippen LogP contribution in [0.15, 0.2) is 0 Å². The van der Waals surface area contributed by atoms with Crippen molar-refractivity contribution in [3.8, 4) is 0 Å². The first-order chi connectivity index (χ1) is 7.78. The molecule has 4 heteroatoms. The number of hydrogen-bond donors (Lipinski definition) is 1. The molecule has 2 aliphatic heterocycles. The lowest BCUT2D eigenvalue weighted by atomic mass is 9.92. The van der Waals surface area contributed by atoms with Crippen LogP contribution in [-0.2, 0) is 0 Å². The zero-order valence-corrected chi connectivity index (χ0v) is 11.8. The minimum absolute atomic E-state index is 0. The van der Waals surface area contributed by atoms with Gasteiger partial charge in [0.2, 0.25) is 0 Å². The van der Waals surface area contributed by atoms with Crippen LogP contribution < -0.4 is 5.32 Å². The predicted octanol–water partition coefficient (Wildman–Crippen LogP) is 1.05. The zero-order chi connectivity index (χ0) is 11.0. The summed E-state index contributed by atoms with van der Waals surface area (Å²) in [6.07, 6.45) is 4.39. The molecule has 3 aliphatic rings. The second kappa shape index (κ2) is 5.43. The first-order valence-corrected chi connectivity index (χ1v) is 6.90. The maximum Gasteiger partial charge on any atom is 0.0110 e. The molecule has 0 aromatic heterocycles. The molecule has 100 valence electrons. The fourth-order valence-corrected chi connectivity index (χ4v) is 3.57. The summed E-state index contributed by atoms with van der Waals surface area (Å²) in [7, 11) is 2.24. The summed E-state index contributed by atoms with van der Waals surface area (Å²) in [4.78, 5) is 5.14. The van der Waals surface area contributed by atoms with E-state index in [4.69, 9.17) is 0 Å². The molecule has 3 rings (SSSR count). The van der Waals surface area contributed by atoms with E-state index in [1.54, 1.807) is 0 Å². The molecule has 1 saturated carbocycles. The van der Waals surface area contributed by atoms with Gasteiger partial charge in [0.15, 0.2) is 0 Å². The van der Waals surface area contributed by atoms with E-state index in [2.05, 4.69) is 22.2 Å². The topological polar surface area (TPSA) is 18.5 Å². The molecule has 1 atom stereocenters. The van der Waals surface area contributed by atoms with E-state index in [0.717, 1.165) is 11.3 Å². The number of piperazine rings is 1. The molecule has 0 radical (unpaired) electrons. The Hall–Kier alpha value is 0.170. The summed E-state index contributed by atoms with van der Waals surface area (Å²) in [6.45, 7) is 9.03. The van der Waals surface area contributed by atoms with E-state index in [1.165, 1.54) is 65.1 Å². The van der Waals surface area contributed by atoms with Gasteiger partial charge in [-0.05, 0) is 50.7 Å². The molecule has 1 aliphatic carbocycles. The van der Waals surface area contributed by atoms with Crippen molar-refractivity contribution in [1.82, 2.24) is 15.1 Å². The molecule has 2 heterocycles. The van der Waals surface area contributed by atoms with Gasteiger partial charge >= 0.3 is 0 Å². The Morgan fingerprint density at radius 1 is 1.12 bits per heavy atom. The smallest absolute Gasteiger partial charge is 0.0110 e. The maximum absolute atomic E-state index is 3.49. The van der Waals surface area contributed by atoms with Crippen LogP contribution in [0, 0.1) is 11.3 Å². The third-order valence-corrected chi connectivity index (χ3v) is 5.03. The lowest BCUT2D eigenvalue weighted by Gasteiger charge is -2.33. The Balaban J connectivity index is 0.00000108. The number of nitrogens with zero attached hydrogens (tertiary/aromatic N) is 2. The third kappa shape index (κ3) is 2.95. The molecule has 0 bridgehead atoms. The number of hydrogen-bond acceptors (Lipinski definition) is 3. The standard InChI is InChI=1S/C13H25N3.ClH/c1-15-6-8-16(9-7-15)11-12-10-13(12)2-4-14-5-3-13;/h12,14H,2-11H2,1H3;1H. The van der Waals surface area contributed by atoms with Crippen LogP contribution in [0.1, 0.15) is 19.3 Å². The number of piperidine rings is 1. The van der Waals surface area contributed by atoms with Crippen LogP contribution in [0.4, 0.5) is 0 Å². The Morgan fingerprint density at radius 3 is 2.41 bits per heavy atom. The molecular formula is C13H26ClN3. The Labute approximate surface area is 111 Å². The van der Waals surface area contributed by atoms with Gasteiger partial charge in [0.25, 0.3) is 0 Å². The van der Waals surface area contributed by atoms with Gasteiger partial charge in [-0.3, -0.25) is 0 Å². The lowest BCUT2D eigenvalue weighted by molar-refractivity contribution is 0.140. The molecule has 1 spiro atoms. The van der Waals surface area contributed by atoms with E-state index >= 15 is 0 Å². The number of nitrogens with one attached hydrogen (secondary N) is 1. The van der Waals surface area contributed by atoms with Gasteiger partial charge in [0.1, 0.15) is 0 Å². The predicted molar refractivity (Wildman–Crippen MR) is 73.8 cm³/mol. The first kappa shape index (κ1) is 13.6. The average Bonchev–Trinajstić information content (AvgIpc) is 2.95. The van der Waals surface area contributed by atoms with Crippen molar-refractivity contribution < 1.29 is 0 Å². The molecule has 0 amide bonds. The average molecular weight is 260 g/mol. The normalized spacial score (nSPS) is 33.4. The number of halogens is 1. The van der Waals surface area contributed by atoms with Gasteiger partial charge in [0.05, 0.1) is 0 Å². The number of likely N-dealkylation sites (N-methyl/N-ethyl adjacent to an activating group) is 1. The minimum atomic E-state index is 0. The SMILES string of the molecule is CN1CCN(CC2CC23CCNCC3)CC1.Cl. The van der Waals surface area contributed by atoms with Crippen LogP contribution in [0.5, 0.6) is 0 Å². The summed E-state index contributed by atoms with van der Waals surface area (Å²) >= 11 is 0. The largest absolute Gasteiger partial charge is 0.317 e. The van der Waals surface area contributed by atoms with Crippen LogP contribution in [0.2, 0.25) is 0 Å². The molecule has 1 unspecified atom stereocenters. The van der Waals surface area contributed by atoms with Gasteiger partial charge < -0.3 is 15.1 Å². The van der Waals surface area contributed by atoms with Crippen molar-refractivity contribution in [2.45, 2.75) is 19.3 Å². The van der Waals surface area contributed by atoms with E-state index in [0.29, 0.717) is 0 Å². The highest BCUT2D eigenvalue weighted by Crippen LogP contribution is 2.58. The van der Waals surface area contributed by atoms with E-state index < -0.39 is 0 Å². The van der Waals surface area contributed by atoms with Crippen molar-refractivity contribution in [2.24, 2.45) is 11.3 Å². The highest BCUT2D eigenvalue weighted by Gasteiger charge is 2.53. The van der Waals surface area contributed by atoms with Crippen LogP contribution in [-0.4, -0.2) is 62.7 Å². The van der Waals surface area contributed by atoms with Crippen molar-refractivity contribution >= 4 is 12.4 Å². The van der Waals surface area contributed by atoms with Gasteiger partial charge in [-0.2, -0.15) is 0 Å². The molecular weight excluding hydrogens is 234 g/mol. The van der Waals surface area contributed by atoms with Crippen molar-refractivity contribution in [1.29, 1.82) is 0 Å². The second-order valence-corrected chi connectivity index (χ2v) is 6.12. The van der Waals surface area contributed by atoms with Crippen molar-refractivity contribution in [3.05, 3.63) is 0 Å². The molecule has 1 N–H and O–H groups in total. The summed E-state index contributed by atoms with van der Waals surface area (Å²) in [5, 5.41) is 3.49. The zero-order valence-electron chi connectivity index (χ0n) is 11.0. The molecule has 3 fully saturated rings. The monoisotopic (exact) mass is 259 g/mol. The first-order valence-electron chi connectivity index (χ1n) is 6.90. The summed E-state index contributed by atoms with van der Waals surface area (Å²) in [5.41, 5.74) is 0.772.